The molecule has 36 heavy (non-hydrogen) atoms. The minimum atomic E-state index is -0.132. The molecule has 3 aromatic rings. The largest absolute Gasteiger partial charge is 0.497 e. The molecule has 1 aliphatic heterocycles. The summed E-state index contributed by atoms with van der Waals surface area (Å²) in [4.78, 5) is 15.9. The number of aryl methyl sites for hydroxylation is 2. The number of benzene rings is 2. The molecule has 0 saturated carbocycles. The van der Waals surface area contributed by atoms with E-state index in [1.807, 2.05) is 43.3 Å². The van der Waals surface area contributed by atoms with Crippen molar-refractivity contribution < 1.29 is 14.3 Å². The summed E-state index contributed by atoms with van der Waals surface area (Å²) in [6, 6.07) is 14.2. The van der Waals surface area contributed by atoms with Crippen molar-refractivity contribution in [2.45, 2.75) is 52.5 Å². The van der Waals surface area contributed by atoms with Crippen LogP contribution in [-0.4, -0.2) is 60.5 Å². The first-order chi connectivity index (χ1) is 17.4. The zero-order valence-corrected chi connectivity index (χ0v) is 22.1. The molecule has 0 bridgehead atoms. The Bertz CT molecular complexity index is 1200. The monoisotopic (exact) mass is 490 g/mol. The van der Waals surface area contributed by atoms with Crippen LogP contribution in [0.25, 0.3) is 16.9 Å². The predicted molar refractivity (Wildman–Crippen MR) is 143 cm³/mol. The second-order valence-corrected chi connectivity index (χ2v) is 9.67. The molecule has 192 valence electrons. The van der Waals surface area contributed by atoms with Gasteiger partial charge >= 0.3 is 0 Å². The molecule has 1 aliphatic rings. The van der Waals surface area contributed by atoms with Gasteiger partial charge in [0.2, 0.25) is 0 Å². The molecule has 1 N–H and O–H groups in total. The summed E-state index contributed by atoms with van der Waals surface area (Å²) in [5.41, 5.74) is 5.07. The number of carbonyl (C=O) groups excluding carboxylic acids is 1. The van der Waals surface area contributed by atoms with Crippen molar-refractivity contribution >= 4 is 5.91 Å². The lowest BCUT2D eigenvalue weighted by Gasteiger charge is -2.33. The van der Waals surface area contributed by atoms with E-state index >= 15 is 0 Å². The number of methoxy groups -OCH3 is 2. The summed E-state index contributed by atoms with van der Waals surface area (Å²) in [7, 11) is 3.24. The molecule has 4 rings (SSSR count). The summed E-state index contributed by atoms with van der Waals surface area (Å²) < 4.78 is 12.7. The van der Waals surface area contributed by atoms with Gasteiger partial charge in [0, 0.05) is 30.8 Å². The van der Waals surface area contributed by atoms with E-state index < -0.39 is 0 Å². The van der Waals surface area contributed by atoms with Gasteiger partial charge < -0.3 is 19.7 Å². The average Bonchev–Trinajstić information content (AvgIpc) is 3.32. The highest BCUT2D eigenvalue weighted by Crippen LogP contribution is 2.34. The number of hydrogen-bond acceptors (Lipinski definition) is 5. The topological polar surface area (TPSA) is 68.6 Å². The van der Waals surface area contributed by atoms with Crippen LogP contribution in [0.15, 0.2) is 42.5 Å². The molecular weight excluding hydrogens is 452 g/mol. The van der Waals surface area contributed by atoms with Gasteiger partial charge in [0.05, 0.1) is 25.6 Å². The SMILES string of the molecule is COc1ccc(-c2cc(C(=O)NCCCN3CCCCC3C)n(-c3ccc(C)cc3C)n2)c(OC)c1. The molecule has 7 nitrogen and oxygen atoms in total. The smallest absolute Gasteiger partial charge is 0.270 e. The van der Waals surface area contributed by atoms with E-state index in [9.17, 15) is 4.79 Å². The molecule has 0 spiro atoms. The van der Waals surface area contributed by atoms with Gasteiger partial charge in [-0.25, -0.2) is 4.68 Å². The van der Waals surface area contributed by atoms with Gasteiger partial charge in [-0.15, -0.1) is 0 Å². The number of likely N-dealkylation sites (tertiary alicyclic amines) is 1. The van der Waals surface area contributed by atoms with Crippen LogP contribution < -0.4 is 14.8 Å². The third-order valence-corrected chi connectivity index (χ3v) is 7.06. The third-order valence-electron chi connectivity index (χ3n) is 7.06. The molecule has 1 amide bonds. The van der Waals surface area contributed by atoms with Crippen LogP contribution in [0.3, 0.4) is 0 Å². The predicted octanol–water partition coefficient (Wildman–Crippen LogP) is 5.17. The quantitative estimate of drug-likeness (QED) is 0.419. The maximum Gasteiger partial charge on any atom is 0.270 e. The highest BCUT2D eigenvalue weighted by atomic mass is 16.5. The third kappa shape index (κ3) is 5.73. The second-order valence-electron chi connectivity index (χ2n) is 9.67. The highest BCUT2D eigenvalue weighted by Gasteiger charge is 2.21. The molecule has 1 unspecified atom stereocenters. The minimum Gasteiger partial charge on any atom is -0.497 e. The molecule has 1 atom stereocenters. The number of nitrogens with one attached hydrogen (secondary N) is 1. The summed E-state index contributed by atoms with van der Waals surface area (Å²) in [5.74, 6) is 1.21. The first-order valence-corrected chi connectivity index (χ1v) is 12.8. The van der Waals surface area contributed by atoms with Gasteiger partial charge in [-0.1, -0.05) is 24.1 Å². The lowest BCUT2D eigenvalue weighted by atomic mass is 10.0. The van der Waals surface area contributed by atoms with E-state index in [0.29, 0.717) is 35.5 Å². The fourth-order valence-electron chi connectivity index (χ4n) is 4.98. The molecule has 1 aromatic heterocycles. The van der Waals surface area contributed by atoms with E-state index in [2.05, 4.69) is 30.1 Å². The number of carbonyl (C=O) groups is 1. The van der Waals surface area contributed by atoms with Crippen LogP contribution in [0, 0.1) is 13.8 Å². The number of rotatable bonds is 9. The van der Waals surface area contributed by atoms with Crippen LogP contribution in [0.2, 0.25) is 0 Å². The first kappa shape index (κ1) is 25.8. The zero-order chi connectivity index (χ0) is 25.7. The van der Waals surface area contributed by atoms with Crippen molar-refractivity contribution in [3.63, 3.8) is 0 Å². The van der Waals surface area contributed by atoms with Crippen LogP contribution >= 0.6 is 0 Å². The Morgan fingerprint density at radius 3 is 2.64 bits per heavy atom. The summed E-state index contributed by atoms with van der Waals surface area (Å²) >= 11 is 0. The number of nitrogens with zero attached hydrogens (tertiary/aromatic N) is 3. The van der Waals surface area contributed by atoms with Crippen molar-refractivity contribution in [3.05, 3.63) is 59.3 Å². The van der Waals surface area contributed by atoms with Gasteiger partial charge in [0.25, 0.3) is 5.91 Å². The van der Waals surface area contributed by atoms with Crippen molar-refractivity contribution in [1.29, 1.82) is 0 Å². The number of aromatic nitrogens is 2. The Balaban J connectivity index is 1.59. The lowest BCUT2D eigenvalue weighted by Crippen LogP contribution is -2.39. The van der Waals surface area contributed by atoms with Crippen molar-refractivity contribution in [3.8, 4) is 28.4 Å². The second kappa shape index (κ2) is 11.6. The molecule has 1 saturated heterocycles. The Morgan fingerprint density at radius 1 is 1.08 bits per heavy atom. The van der Waals surface area contributed by atoms with Crippen molar-refractivity contribution in [1.82, 2.24) is 20.0 Å². The number of piperidine rings is 1. The Hall–Kier alpha value is -3.32. The molecule has 0 aliphatic carbocycles. The van der Waals surface area contributed by atoms with Gasteiger partial charge in [0.15, 0.2) is 0 Å². The summed E-state index contributed by atoms with van der Waals surface area (Å²) in [6.45, 7) is 9.19. The van der Waals surface area contributed by atoms with Crippen LogP contribution in [0.4, 0.5) is 0 Å². The van der Waals surface area contributed by atoms with Gasteiger partial charge in [-0.3, -0.25) is 4.79 Å². The van der Waals surface area contributed by atoms with E-state index in [0.717, 1.165) is 36.3 Å². The van der Waals surface area contributed by atoms with E-state index in [4.69, 9.17) is 14.6 Å². The maximum absolute atomic E-state index is 13.4. The standard InChI is InChI=1S/C29H38N4O3/c1-20-10-13-26(21(2)17-20)33-27(29(34)30-14-8-16-32-15-7-6-9-22(32)3)19-25(31-33)24-12-11-23(35-4)18-28(24)36-5/h10-13,17-19,22H,6-9,14-16H2,1-5H3,(H,30,34). The molecular formula is C29H38N4O3. The molecule has 2 heterocycles. The lowest BCUT2D eigenvalue weighted by molar-refractivity contribution is 0.0941. The normalized spacial score (nSPS) is 16.1. The van der Waals surface area contributed by atoms with Gasteiger partial charge in [0.1, 0.15) is 17.2 Å². The van der Waals surface area contributed by atoms with Crippen LogP contribution in [0.5, 0.6) is 11.5 Å². The first-order valence-electron chi connectivity index (χ1n) is 12.8. The highest BCUT2D eigenvalue weighted by molar-refractivity contribution is 5.94. The molecule has 2 aromatic carbocycles. The zero-order valence-electron chi connectivity index (χ0n) is 22.1. The number of hydrogen-bond donors (Lipinski definition) is 1. The Morgan fingerprint density at radius 2 is 1.92 bits per heavy atom. The van der Waals surface area contributed by atoms with Crippen LogP contribution in [0.1, 0.15) is 54.2 Å². The maximum atomic E-state index is 13.4. The van der Waals surface area contributed by atoms with Gasteiger partial charge in [-0.05, 0) is 76.4 Å². The molecule has 7 heteroatoms. The van der Waals surface area contributed by atoms with E-state index in [1.54, 1.807) is 18.9 Å². The summed E-state index contributed by atoms with van der Waals surface area (Å²) in [6.07, 6.45) is 4.77. The fraction of sp³-hybridized carbons (Fsp3) is 0.448. The van der Waals surface area contributed by atoms with Gasteiger partial charge in [-0.2, -0.15) is 5.10 Å². The molecule has 0 radical (unpaired) electrons. The van der Waals surface area contributed by atoms with Crippen molar-refractivity contribution in [2.24, 2.45) is 0 Å². The minimum absolute atomic E-state index is 0.132. The number of ether oxygens (including phenoxy) is 2. The summed E-state index contributed by atoms with van der Waals surface area (Å²) in [5, 5.41) is 7.99. The average molecular weight is 491 g/mol. The fourth-order valence-corrected chi connectivity index (χ4v) is 4.98. The Kier molecular flexibility index (Phi) is 8.31. The Labute approximate surface area is 214 Å². The van der Waals surface area contributed by atoms with Crippen LogP contribution in [-0.2, 0) is 0 Å². The van der Waals surface area contributed by atoms with E-state index in [-0.39, 0.29) is 5.91 Å². The van der Waals surface area contributed by atoms with Crippen molar-refractivity contribution in [2.75, 3.05) is 33.9 Å². The number of amides is 1. The van der Waals surface area contributed by atoms with E-state index in [1.165, 1.54) is 24.8 Å². The molecule has 1 fully saturated rings.